The van der Waals surface area contributed by atoms with Crippen LogP contribution in [0.25, 0.3) is 0 Å². The molecule has 0 unspecified atom stereocenters. The smallest absolute Gasteiger partial charge is 0.122 e. The van der Waals surface area contributed by atoms with E-state index in [-0.39, 0.29) is 0 Å². The second-order valence-electron chi connectivity index (χ2n) is 1.96. The normalized spacial score (nSPS) is 9.50. The van der Waals surface area contributed by atoms with Crippen molar-refractivity contribution >= 4 is 15.9 Å². The second-order valence-corrected chi connectivity index (χ2v) is 2.87. The third-order valence-corrected chi connectivity index (χ3v) is 1.74. The van der Waals surface area contributed by atoms with Gasteiger partial charge in [0.25, 0.3) is 0 Å². The van der Waals surface area contributed by atoms with Gasteiger partial charge in [0.05, 0.1) is 7.11 Å². The first-order valence-corrected chi connectivity index (χ1v) is 3.69. The molecular formula is C8H8BrO. The van der Waals surface area contributed by atoms with E-state index in [4.69, 9.17) is 4.74 Å². The van der Waals surface area contributed by atoms with E-state index in [0.717, 1.165) is 15.8 Å². The zero-order chi connectivity index (χ0) is 7.56. The molecule has 0 fully saturated rings. The highest BCUT2D eigenvalue weighted by Crippen LogP contribution is 2.21. The Morgan fingerprint density at radius 3 is 2.70 bits per heavy atom. The van der Waals surface area contributed by atoms with Gasteiger partial charge in [-0.2, -0.15) is 0 Å². The van der Waals surface area contributed by atoms with E-state index in [2.05, 4.69) is 22.9 Å². The van der Waals surface area contributed by atoms with Crippen LogP contribution in [0.5, 0.6) is 5.75 Å². The number of halogens is 1. The highest BCUT2D eigenvalue weighted by molar-refractivity contribution is 9.10. The van der Waals surface area contributed by atoms with Gasteiger partial charge in [-0.3, -0.25) is 0 Å². The number of hydrogen-bond acceptors (Lipinski definition) is 1. The summed E-state index contributed by atoms with van der Waals surface area (Å²) in [5.74, 6) is 0.822. The van der Waals surface area contributed by atoms with E-state index in [1.165, 1.54) is 0 Å². The largest absolute Gasteiger partial charge is 0.496 e. The summed E-state index contributed by atoms with van der Waals surface area (Å²) >= 11 is 3.33. The van der Waals surface area contributed by atoms with E-state index in [0.29, 0.717) is 0 Å². The highest BCUT2D eigenvalue weighted by atomic mass is 79.9. The summed E-state index contributed by atoms with van der Waals surface area (Å²) in [6, 6.07) is 5.72. The van der Waals surface area contributed by atoms with E-state index >= 15 is 0 Å². The van der Waals surface area contributed by atoms with Crippen molar-refractivity contribution < 1.29 is 4.74 Å². The Balaban J connectivity index is 3.07. The molecule has 0 amide bonds. The van der Waals surface area contributed by atoms with Crippen molar-refractivity contribution in [2.24, 2.45) is 0 Å². The van der Waals surface area contributed by atoms with Crippen LogP contribution in [0, 0.1) is 6.92 Å². The predicted octanol–water partition coefficient (Wildman–Crippen LogP) is 2.64. The number of ether oxygens (including phenoxy) is 1. The first-order chi connectivity index (χ1) is 4.74. The Morgan fingerprint density at radius 1 is 1.50 bits per heavy atom. The fraction of sp³-hybridized carbons (Fsp3) is 0.125. The minimum Gasteiger partial charge on any atom is -0.496 e. The monoisotopic (exact) mass is 199 g/mol. The van der Waals surface area contributed by atoms with Gasteiger partial charge in [0.15, 0.2) is 0 Å². The van der Waals surface area contributed by atoms with Gasteiger partial charge in [0.2, 0.25) is 0 Å². The van der Waals surface area contributed by atoms with Crippen LogP contribution in [0.15, 0.2) is 22.7 Å². The van der Waals surface area contributed by atoms with Gasteiger partial charge in [0.1, 0.15) is 5.75 Å². The molecule has 0 heterocycles. The molecule has 0 saturated heterocycles. The van der Waals surface area contributed by atoms with E-state index in [9.17, 15) is 0 Å². The number of benzene rings is 1. The average Bonchev–Trinajstić information content (AvgIpc) is 1.88. The Bertz CT molecular complexity index is 233. The molecule has 1 nitrogen and oxygen atoms in total. The number of rotatable bonds is 1. The molecule has 1 aromatic rings. The summed E-state index contributed by atoms with van der Waals surface area (Å²) in [5, 5.41) is 0. The molecule has 0 spiro atoms. The van der Waals surface area contributed by atoms with Crippen molar-refractivity contribution in [1.82, 2.24) is 0 Å². The predicted molar refractivity (Wildman–Crippen MR) is 45.2 cm³/mol. The lowest BCUT2D eigenvalue weighted by molar-refractivity contribution is 0.413. The number of hydrogen-bond donors (Lipinski definition) is 0. The van der Waals surface area contributed by atoms with Crippen molar-refractivity contribution in [2.45, 2.75) is 0 Å². The van der Waals surface area contributed by atoms with Crippen molar-refractivity contribution in [3.8, 4) is 5.75 Å². The first-order valence-electron chi connectivity index (χ1n) is 2.89. The van der Waals surface area contributed by atoms with Gasteiger partial charge in [-0.1, -0.05) is 15.9 Å². The SMILES string of the molecule is [CH2]c1cc(Br)ccc1OC. The van der Waals surface area contributed by atoms with Crippen LogP contribution in [0.3, 0.4) is 0 Å². The third kappa shape index (κ3) is 1.51. The molecule has 0 aliphatic carbocycles. The molecular weight excluding hydrogens is 192 g/mol. The van der Waals surface area contributed by atoms with Gasteiger partial charge in [-0.25, -0.2) is 0 Å². The first kappa shape index (κ1) is 7.61. The van der Waals surface area contributed by atoms with Gasteiger partial charge in [0, 0.05) is 4.47 Å². The van der Waals surface area contributed by atoms with Crippen LogP contribution in [0.2, 0.25) is 0 Å². The number of methoxy groups -OCH3 is 1. The minimum absolute atomic E-state index is 0.822. The maximum atomic E-state index is 5.02. The Labute approximate surface area is 69.1 Å². The standard InChI is InChI=1S/C8H8BrO/c1-6-5-7(9)3-4-8(6)10-2/h3-5H,1H2,2H3. The van der Waals surface area contributed by atoms with Gasteiger partial charge in [-0.05, 0) is 30.7 Å². The molecule has 0 atom stereocenters. The van der Waals surface area contributed by atoms with Gasteiger partial charge < -0.3 is 4.74 Å². The minimum atomic E-state index is 0.822. The molecule has 1 rings (SSSR count). The fourth-order valence-corrected chi connectivity index (χ4v) is 1.16. The lowest BCUT2D eigenvalue weighted by atomic mass is 10.2. The van der Waals surface area contributed by atoms with Crippen LogP contribution >= 0.6 is 15.9 Å². The van der Waals surface area contributed by atoms with E-state index < -0.39 is 0 Å². The molecule has 53 valence electrons. The summed E-state index contributed by atoms with van der Waals surface area (Å²) in [5.41, 5.74) is 0.900. The molecule has 10 heavy (non-hydrogen) atoms. The molecule has 1 aromatic carbocycles. The summed E-state index contributed by atoms with van der Waals surface area (Å²) < 4.78 is 6.04. The zero-order valence-corrected chi connectivity index (χ0v) is 7.31. The van der Waals surface area contributed by atoms with E-state index in [1.54, 1.807) is 7.11 Å². The molecule has 1 radical (unpaired) electrons. The Hall–Kier alpha value is -0.500. The molecule has 0 aliphatic rings. The average molecular weight is 200 g/mol. The lowest BCUT2D eigenvalue weighted by Crippen LogP contribution is -1.85. The fourth-order valence-electron chi connectivity index (χ4n) is 0.747. The molecule has 0 aromatic heterocycles. The quantitative estimate of drug-likeness (QED) is 0.677. The van der Waals surface area contributed by atoms with Crippen molar-refractivity contribution in [3.05, 3.63) is 35.2 Å². The van der Waals surface area contributed by atoms with Gasteiger partial charge >= 0.3 is 0 Å². The molecule has 0 N–H and O–H groups in total. The lowest BCUT2D eigenvalue weighted by Gasteiger charge is -2.02. The molecule has 0 saturated carbocycles. The molecule has 2 heteroatoms. The van der Waals surface area contributed by atoms with Crippen LogP contribution in [-0.2, 0) is 0 Å². The van der Waals surface area contributed by atoms with Crippen molar-refractivity contribution in [1.29, 1.82) is 0 Å². The van der Waals surface area contributed by atoms with Crippen LogP contribution in [-0.4, -0.2) is 7.11 Å². The van der Waals surface area contributed by atoms with Crippen LogP contribution in [0.4, 0.5) is 0 Å². The summed E-state index contributed by atoms with van der Waals surface area (Å²) in [6.45, 7) is 3.80. The third-order valence-electron chi connectivity index (χ3n) is 1.24. The van der Waals surface area contributed by atoms with E-state index in [1.807, 2.05) is 18.2 Å². The Kier molecular flexibility index (Phi) is 2.33. The van der Waals surface area contributed by atoms with Crippen molar-refractivity contribution in [3.63, 3.8) is 0 Å². The van der Waals surface area contributed by atoms with Crippen molar-refractivity contribution in [2.75, 3.05) is 7.11 Å². The molecule has 0 aliphatic heterocycles. The van der Waals surface area contributed by atoms with Crippen LogP contribution < -0.4 is 4.74 Å². The maximum absolute atomic E-state index is 5.02. The zero-order valence-electron chi connectivity index (χ0n) is 5.73. The summed E-state index contributed by atoms with van der Waals surface area (Å²) in [6.07, 6.45) is 0. The summed E-state index contributed by atoms with van der Waals surface area (Å²) in [4.78, 5) is 0. The topological polar surface area (TPSA) is 9.23 Å². The maximum Gasteiger partial charge on any atom is 0.122 e. The van der Waals surface area contributed by atoms with Gasteiger partial charge in [-0.15, -0.1) is 0 Å². The molecule has 0 bridgehead atoms. The van der Waals surface area contributed by atoms with Crippen LogP contribution in [0.1, 0.15) is 5.56 Å². The second kappa shape index (κ2) is 3.06. The highest BCUT2D eigenvalue weighted by Gasteiger charge is 1.95. The Morgan fingerprint density at radius 2 is 2.20 bits per heavy atom. The summed E-state index contributed by atoms with van der Waals surface area (Å²) in [7, 11) is 1.64.